The first-order valence-corrected chi connectivity index (χ1v) is 13.6. The lowest BCUT2D eigenvalue weighted by Crippen LogP contribution is -2.29. The average Bonchev–Trinajstić information content (AvgIpc) is 3.39. The van der Waals surface area contributed by atoms with Gasteiger partial charge in [-0.1, -0.05) is 57.2 Å². The molecule has 0 bridgehead atoms. The van der Waals surface area contributed by atoms with E-state index in [0.717, 1.165) is 22.9 Å². The van der Waals surface area contributed by atoms with Crippen molar-refractivity contribution in [1.82, 2.24) is 14.9 Å². The molecule has 1 aliphatic rings. The third kappa shape index (κ3) is 4.46. The number of nitrogens with one attached hydrogen (secondary N) is 1. The first kappa shape index (κ1) is 25.2. The Morgan fingerprint density at radius 1 is 0.973 bits per heavy atom. The molecule has 5 rings (SSSR count). The number of benzene rings is 2. The molecule has 2 aromatic heterocycles. The van der Waals surface area contributed by atoms with E-state index in [-0.39, 0.29) is 12.1 Å². The van der Waals surface area contributed by atoms with Gasteiger partial charge in [-0.15, -0.1) is 0 Å². The van der Waals surface area contributed by atoms with E-state index in [1.54, 1.807) is 0 Å². The SMILES string of the molecule is CCc1cccc(C)c1-n1c(C)cc([C@H]2[C@H](c3ccccn3)NC(=S)N2c2ccc(C(C)C)cc2)c1C. The molecule has 4 nitrogen and oxygen atoms in total. The van der Waals surface area contributed by atoms with Gasteiger partial charge in [-0.2, -0.15) is 0 Å². The molecule has 0 radical (unpaired) electrons. The largest absolute Gasteiger partial charge is 0.351 e. The van der Waals surface area contributed by atoms with Gasteiger partial charge in [0.25, 0.3) is 0 Å². The quantitative estimate of drug-likeness (QED) is 0.271. The Kier molecular flexibility index (Phi) is 6.91. The topological polar surface area (TPSA) is 33.1 Å². The maximum atomic E-state index is 5.98. The number of rotatable bonds is 6. The summed E-state index contributed by atoms with van der Waals surface area (Å²) in [6, 6.07) is 23.8. The standard InChI is InChI=1S/C32H36N4S/c1-7-24-12-10-11-21(4)30(24)35-22(5)19-27(23(35)6)31-29(28-13-8-9-18-33-28)34-32(37)36(31)26-16-14-25(15-17-26)20(2)3/h8-20,29,31H,7H2,1-6H3,(H,34,37)/t29-,31-/m0/s1. The lowest BCUT2D eigenvalue weighted by molar-refractivity contribution is 0.565. The molecule has 37 heavy (non-hydrogen) atoms. The van der Waals surface area contributed by atoms with Gasteiger partial charge in [-0.3, -0.25) is 4.98 Å². The van der Waals surface area contributed by atoms with E-state index < -0.39 is 0 Å². The third-order valence-corrected chi connectivity index (χ3v) is 7.97. The van der Waals surface area contributed by atoms with Crippen molar-refractivity contribution in [3.63, 3.8) is 0 Å². The molecule has 0 amide bonds. The normalized spacial score (nSPS) is 17.5. The zero-order valence-electron chi connectivity index (χ0n) is 22.6. The number of aryl methyl sites for hydroxylation is 3. The Balaban J connectivity index is 1.69. The molecule has 1 saturated heterocycles. The fourth-order valence-electron chi connectivity index (χ4n) is 5.72. The lowest BCUT2D eigenvalue weighted by Gasteiger charge is -2.28. The summed E-state index contributed by atoms with van der Waals surface area (Å²) in [7, 11) is 0. The highest BCUT2D eigenvalue weighted by molar-refractivity contribution is 7.80. The molecule has 1 fully saturated rings. The van der Waals surface area contributed by atoms with Crippen molar-refractivity contribution in [2.24, 2.45) is 0 Å². The van der Waals surface area contributed by atoms with Crippen molar-refractivity contribution in [1.29, 1.82) is 0 Å². The first-order chi connectivity index (χ1) is 17.8. The fraction of sp³-hybridized carbons (Fsp3) is 0.312. The number of thiocarbonyl (C=S) groups is 1. The maximum Gasteiger partial charge on any atom is 0.174 e. The minimum atomic E-state index is -0.0602. The average molecular weight is 509 g/mol. The van der Waals surface area contributed by atoms with Crippen molar-refractivity contribution in [3.05, 3.63) is 112 Å². The number of hydrogen-bond donors (Lipinski definition) is 1. The van der Waals surface area contributed by atoms with Crippen LogP contribution in [0.3, 0.4) is 0 Å². The Morgan fingerprint density at radius 2 is 1.73 bits per heavy atom. The fourth-order valence-corrected chi connectivity index (χ4v) is 6.07. The van der Waals surface area contributed by atoms with Gasteiger partial charge in [0.05, 0.1) is 23.5 Å². The van der Waals surface area contributed by atoms with Crippen LogP contribution in [-0.2, 0) is 6.42 Å². The Bertz CT molecular complexity index is 1420. The summed E-state index contributed by atoms with van der Waals surface area (Å²) in [5, 5.41) is 4.35. The van der Waals surface area contributed by atoms with E-state index in [1.807, 2.05) is 18.3 Å². The zero-order valence-corrected chi connectivity index (χ0v) is 23.4. The van der Waals surface area contributed by atoms with E-state index >= 15 is 0 Å². The van der Waals surface area contributed by atoms with E-state index in [1.165, 1.54) is 39.3 Å². The molecule has 0 saturated carbocycles. The molecular formula is C32H36N4S. The van der Waals surface area contributed by atoms with E-state index in [0.29, 0.717) is 5.92 Å². The van der Waals surface area contributed by atoms with Gasteiger partial charge in [0, 0.05) is 23.3 Å². The predicted octanol–water partition coefficient (Wildman–Crippen LogP) is 7.66. The second kappa shape index (κ2) is 10.1. The first-order valence-electron chi connectivity index (χ1n) is 13.2. The summed E-state index contributed by atoms with van der Waals surface area (Å²) in [6.45, 7) is 13.3. The Hall–Kier alpha value is -3.44. The van der Waals surface area contributed by atoms with Gasteiger partial charge < -0.3 is 14.8 Å². The minimum Gasteiger partial charge on any atom is -0.351 e. The summed E-state index contributed by atoms with van der Waals surface area (Å²) in [6.07, 6.45) is 2.85. The molecule has 1 N–H and O–H groups in total. The van der Waals surface area contributed by atoms with Gasteiger partial charge in [-0.05, 0) is 97.9 Å². The zero-order chi connectivity index (χ0) is 26.3. The van der Waals surface area contributed by atoms with Gasteiger partial charge in [0.2, 0.25) is 0 Å². The molecule has 0 unspecified atom stereocenters. The van der Waals surface area contributed by atoms with Gasteiger partial charge in [0.1, 0.15) is 0 Å². The van der Waals surface area contributed by atoms with Gasteiger partial charge >= 0.3 is 0 Å². The second-order valence-corrected chi connectivity index (χ2v) is 10.7. The molecule has 2 aromatic carbocycles. The van der Waals surface area contributed by atoms with Crippen LogP contribution in [0.2, 0.25) is 0 Å². The highest BCUT2D eigenvalue weighted by Crippen LogP contribution is 2.44. The van der Waals surface area contributed by atoms with Crippen LogP contribution in [0, 0.1) is 20.8 Å². The molecule has 0 aliphatic carbocycles. The summed E-state index contributed by atoms with van der Waals surface area (Å²) >= 11 is 5.98. The van der Waals surface area contributed by atoms with Crippen LogP contribution in [-0.4, -0.2) is 14.7 Å². The van der Waals surface area contributed by atoms with Crippen molar-refractivity contribution in [2.75, 3.05) is 4.90 Å². The molecule has 0 spiro atoms. The monoisotopic (exact) mass is 508 g/mol. The Morgan fingerprint density at radius 3 is 2.38 bits per heavy atom. The molecule has 190 valence electrons. The van der Waals surface area contributed by atoms with E-state index in [9.17, 15) is 0 Å². The molecular weight excluding hydrogens is 472 g/mol. The second-order valence-electron chi connectivity index (χ2n) is 10.3. The van der Waals surface area contributed by atoms with Crippen LogP contribution < -0.4 is 10.2 Å². The molecule has 4 aromatic rings. The molecule has 5 heteroatoms. The lowest BCUT2D eigenvalue weighted by atomic mass is 9.96. The van der Waals surface area contributed by atoms with E-state index in [4.69, 9.17) is 17.2 Å². The van der Waals surface area contributed by atoms with Crippen LogP contribution in [0.5, 0.6) is 0 Å². The van der Waals surface area contributed by atoms with Gasteiger partial charge in [0.15, 0.2) is 5.11 Å². The van der Waals surface area contributed by atoms with Crippen molar-refractivity contribution in [3.8, 4) is 5.69 Å². The number of nitrogens with zero attached hydrogens (tertiary/aromatic N) is 3. The van der Waals surface area contributed by atoms with Crippen molar-refractivity contribution in [2.45, 2.75) is 66.0 Å². The summed E-state index contributed by atoms with van der Waals surface area (Å²) in [5.41, 5.74) is 11.1. The van der Waals surface area contributed by atoms with Crippen LogP contribution in [0.15, 0.2) is 72.9 Å². The number of pyridine rings is 1. The maximum absolute atomic E-state index is 5.98. The van der Waals surface area contributed by atoms with Gasteiger partial charge in [-0.25, -0.2) is 0 Å². The highest BCUT2D eigenvalue weighted by atomic mass is 32.1. The van der Waals surface area contributed by atoms with Crippen molar-refractivity contribution < 1.29 is 0 Å². The molecule has 1 aliphatic heterocycles. The highest BCUT2D eigenvalue weighted by Gasteiger charge is 2.42. The number of aromatic nitrogens is 2. The van der Waals surface area contributed by atoms with Crippen LogP contribution in [0.4, 0.5) is 5.69 Å². The smallest absolute Gasteiger partial charge is 0.174 e. The molecule has 2 atom stereocenters. The van der Waals surface area contributed by atoms with Crippen molar-refractivity contribution >= 4 is 23.0 Å². The van der Waals surface area contributed by atoms with Crippen LogP contribution in [0.25, 0.3) is 5.69 Å². The number of para-hydroxylation sites is 1. The predicted molar refractivity (Wildman–Crippen MR) is 158 cm³/mol. The van der Waals surface area contributed by atoms with Crippen LogP contribution in [0.1, 0.15) is 78.1 Å². The summed E-state index contributed by atoms with van der Waals surface area (Å²) in [5.74, 6) is 0.482. The number of anilines is 1. The Labute approximate surface area is 226 Å². The molecule has 3 heterocycles. The van der Waals surface area contributed by atoms with Crippen LogP contribution >= 0.6 is 12.2 Å². The van der Waals surface area contributed by atoms with E-state index in [2.05, 4.69) is 111 Å². The minimum absolute atomic E-state index is 0.0265. The third-order valence-electron chi connectivity index (χ3n) is 7.65. The summed E-state index contributed by atoms with van der Waals surface area (Å²) < 4.78 is 2.43. The summed E-state index contributed by atoms with van der Waals surface area (Å²) in [4.78, 5) is 7.02. The number of hydrogen-bond acceptors (Lipinski definition) is 2.